The van der Waals surface area contributed by atoms with Gasteiger partial charge in [-0.3, -0.25) is 5.10 Å². The van der Waals surface area contributed by atoms with Gasteiger partial charge in [0.25, 0.3) is 0 Å². The first-order valence-corrected chi connectivity index (χ1v) is 7.66. The highest BCUT2D eigenvalue weighted by Crippen LogP contribution is 2.26. The van der Waals surface area contributed by atoms with Crippen molar-refractivity contribution in [2.24, 2.45) is 0 Å². The van der Waals surface area contributed by atoms with Gasteiger partial charge in [0.15, 0.2) is 0 Å². The Labute approximate surface area is 126 Å². The fourth-order valence-electron chi connectivity index (χ4n) is 2.68. The maximum Gasteiger partial charge on any atom is 0.148 e. The third-order valence-corrected chi connectivity index (χ3v) is 4.05. The van der Waals surface area contributed by atoms with Crippen LogP contribution >= 0.6 is 0 Å². The zero-order valence-electron chi connectivity index (χ0n) is 13.0. The van der Waals surface area contributed by atoms with Crippen LogP contribution < -0.4 is 10.6 Å². The molecule has 1 aliphatic rings. The summed E-state index contributed by atoms with van der Waals surface area (Å²) in [5, 5.41) is 14.3. The topological polar surface area (TPSA) is 52.7 Å². The minimum absolute atomic E-state index is 0.189. The van der Waals surface area contributed by atoms with E-state index in [0.717, 1.165) is 31.0 Å². The molecule has 0 aliphatic carbocycles. The number of nitrogens with one attached hydrogen (secondary N) is 3. The van der Waals surface area contributed by atoms with Crippen LogP contribution in [0.25, 0.3) is 11.3 Å². The standard InChI is InChI=1S/C17H24N4/c1-17(2,3)13-6-4-12(5-7-13)15-10-16(21-20-15)19-14-8-9-18-11-14/h4-7,10,14,18H,8-9,11H2,1-3H3,(H2,19,20,21). The summed E-state index contributed by atoms with van der Waals surface area (Å²) >= 11 is 0. The Hall–Kier alpha value is -1.81. The summed E-state index contributed by atoms with van der Waals surface area (Å²) in [4.78, 5) is 0. The lowest BCUT2D eigenvalue weighted by molar-refractivity contribution is 0.590. The Balaban J connectivity index is 1.73. The lowest BCUT2D eigenvalue weighted by atomic mass is 9.86. The van der Waals surface area contributed by atoms with Gasteiger partial charge < -0.3 is 10.6 Å². The van der Waals surface area contributed by atoms with Crippen molar-refractivity contribution in [1.82, 2.24) is 15.5 Å². The van der Waals surface area contributed by atoms with Gasteiger partial charge in [-0.25, -0.2) is 0 Å². The summed E-state index contributed by atoms with van der Waals surface area (Å²) in [6, 6.07) is 11.3. The van der Waals surface area contributed by atoms with E-state index in [2.05, 4.69) is 71.9 Å². The maximum atomic E-state index is 4.36. The fraction of sp³-hybridized carbons (Fsp3) is 0.471. The van der Waals surface area contributed by atoms with Crippen molar-refractivity contribution in [2.75, 3.05) is 18.4 Å². The summed E-state index contributed by atoms with van der Waals surface area (Å²) in [5.41, 5.74) is 3.77. The predicted octanol–water partition coefficient (Wildman–Crippen LogP) is 3.15. The zero-order valence-corrected chi connectivity index (χ0v) is 13.0. The number of aromatic nitrogens is 2. The molecule has 0 spiro atoms. The van der Waals surface area contributed by atoms with E-state index in [0.29, 0.717) is 6.04 Å². The van der Waals surface area contributed by atoms with Crippen molar-refractivity contribution in [2.45, 2.75) is 38.6 Å². The fourth-order valence-corrected chi connectivity index (χ4v) is 2.68. The second-order valence-corrected chi connectivity index (χ2v) is 6.83. The zero-order chi connectivity index (χ0) is 14.9. The van der Waals surface area contributed by atoms with Gasteiger partial charge in [0, 0.05) is 18.7 Å². The molecule has 0 bridgehead atoms. The number of rotatable bonds is 3. The third-order valence-electron chi connectivity index (χ3n) is 4.05. The van der Waals surface area contributed by atoms with Gasteiger partial charge in [-0.2, -0.15) is 5.10 Å². The molecule has 1 aromatic carbocycles. The summed E-state index contributed by atoms with van der Waals surface area (Å²) in [5.74, 6) is 0.929. The number of nitrogens with zero attached hydrogens (tertiary/aromatic N) is 1. The van der Waals surface area contributed by atoms with E-state index < -0.39 is 0 Å². The van der Waals surface area contributed by atoms with Crippen molar-refractivity contribution in [3.8, 4) is 11.3 Å². The van der Waals surface area contributed by atoms with Gasteiger partial charge in [0.05, 0.1) is 5.69 Å². The quantitative estimate of drug-likeness (QED) is 0.811. The Kier molecular flexibility index (Phi) is 3.72. The minimum Gasteiger partial charge on any atom is -0.365 e. The summed E-state index contributed by atoms with van der Waals surface area (Å²) in [6.45, 7) is 8.80. The van der Waals surface area contributed by atoms with E-state index >= 15 is 0 Å². The first kappa shape index (κ1) is 14.1. The van der Waals surface area contributed by atoms with Crippen LogP contribution in [0.1, 0.15) is 32.8 Å². The molecule has 3 rings (SSSR count). The highest BCUT2D eigenvalue weighted by atomic mass is 15.2. The van der Waals surface area contributed by atoms with E-state index in [1.54, 1.807) is 0 Å². The van der Waals surface area contributed by atoms with Gasteiger partial charge in [-0.1, -0.05) is 45.0 Å². The third kappa shape index (κ3) is 3.27. The van der Waals surface area contributed by atoms with Crippen LogP contribution in [0.3, 0.4) is 0 Å². The second-order valence-electron chi connectivity index (χ2n) is 6.83. The van der Waals surface area contributed by atoms with Crippen molar-refractivity contribution >= 4 is 5.82 Å². The number of hydrogen-bond acceptors (Lipinski definition) is 3. The Morgan fingerprint density at radius 3 is 2.57 bits per heavy atom. The average Bonchev–Trinajstić information content (AvgIpc) is 3.10. The second kappa shape index (κ2) is 5.53. The normalized spacial score (nSPS) is 18.9. The molecule has 2 heterocycles. The monoisotopic (exact) mass is 284 g/mol. The van der Waals surface area contributed by atoms with Crippen LogP contribution in [-0.4, -0.2) is 29.3 Å². The number of hydrogen-bond donors (Lipinski definition) is 3. The molecule has 1 saturated heterocycles. The first-order valence-electron chi connectivity index (χ1n) is 7.66. The number of benzene rings is 1. The molecule has 4 nitrogen and oxygen atoms in total. The molecule has 1 unspecified atom stereocenters. The van der Waals surface area contributed by atoms with Crippen molar-refractivity contribution in [3.63, 3.8) is 0 Å². The lowest BCUT2D eigenvalue weighted by Crippen LogP contribution is -2.22. The lowest BCUT2D eigenvalue weighted by Gasteiger charge is -2.18. The highest BCUT2D eigenvalue weighted by molar-refractivity contribution is 5.63. The van der Waals surface area contributed by atoms with Crippen LogP contribution in [0, 0.1) is 0 Å². The summed E-state index contributed by atoms with van der Waals surface area (Å²) < 4.78 is 0. The largest absolute Gasteiger partial charge is 0.365 e. The van der Waals surface area contributed by atoms with E-state index in [-0.39, 0.29) is 5.41 Å². The van der Waals surface area contributed by atoms with E-state index in [1.807, 2.05) is 0 Å². The molecule has 1 atom stereocenters. The molecule has 0 saturated carbocycles. The molecule has 4 heteroatoms. The first-order chi connectivity index (χ1) is 10.0. The van der Waals surface area contributed by atoms with Crippen molar-refractivity contribution in [3.05, 3.63) is 35.9 Å². The van der Waals surface area contributed by atoms with Gasteiger partial charge in [0.1, 0.15) is 5.82 Å². The molecule has 3 N–H and O–H groups in total. The molecular weight excluding hydrogens is 260 g/mol. The van der Waals surface area contributed by atoms with E-state index in [1.165, 1.54) is 11.1 Å². The van der Waals surface area contributed by atoms with E-state index in [9.17, 15) is 0 Å². The van der Waals surface area contributed by atoms with Crippen LogP contribution in [0.2, 0.25) is 0 Å². The van der Waals surface area contributed by atoms with Crippen molar-refractivity contribution < 1.29 is 0 Å². The summed E-state index contributed by atoms with van der Waals surface area (Å²) in [7, 11) is 0. The molecule has 112 valence electrons. The van der Waals surface area contributed by atoms with Gasteiger partial charge in [-0.05, 0) is 29.5 Å². The SMILES string of the molecule is CC(C)(C)c1ccc(-c2cc(NC3CCNC3)n[nH]2)cc1. The van der Waals surface area contributed by atoms with E-state index in [4.69, 9.17) is 0 Å². The predicted molar refractivity (Wildman–Crippen MR) is 87.6 cm³/mol. The number of H-pyrrole nitrogens is 1. The Morgan fingerprint density at radius 2 is 1.95 bits per heavy atom. The Morgan fingerprint density at radius 1 is 1.19 bits per heavy atom. The summed E-state index contributed by atoms with van der Waals surface area (Å²) in [6.07, 6.45) is 1.16. The number of aromatic amines is 1. The molecular formula is C17H24N4. The molecule has 1 aromatic heterocycles. The minimum atomic E-state index is 0.189. The smallest absolute Gasteiger partial charge is 0.148 e. The molecule has 0 radical (unpaired) electrons. The average molecular weight is 284 g/mol. The van der Waals surface area contributed by atoms with Crippen LogP contribution in [0.15, 0.2) is 30.3 Å². The van der Waals surface area contributed by atoms with Crippen LogP contribution in [-0.2, 0) is 5.41 Å². The van der Waals surface area contributed by atoms with Gasteiger partial charge in [-0.15, -0.1) is 0 Å². The molecule has 21 heavy (non-hydrogen) atoms. The van der Waals surface area contributed by atoms with Crippen LogP contribution in [0.5, 0.6) is 0 Å². The Bertz CT molecular complexity index is 586. The van der Waals surface area contributed by atoms with Crippen molar-refractivity contribution in [1.29, 1.82) is 0 Å². The molecule has 2 aromatic rings. The molecule has 1 aliphatic heterocycles. The van der Waals surface area contributed by atoms with Crippen LogP contribution in [0.4, 0.5) is 5.82 Å². The number of anilines is 1. The maximum absolute atomic E-state index is 4.36. The molecule has 0 amide bonds. The molecule has 1 fully saturated rings. The van der Waals surface area contributed by atoms with Gasteiger partial charge in [0.2, 0.25) is 0 Å². The van der Waals surface area contributed by atoms with Gasteiger partial charge >= 0.3 is 0 Å². The highest BCUT2D eigenvalue weighted by Gasteiger charge is 2.16.